The van der Waals surface area contributed by atoms with Crippen LogP contribution in [0.4, 0.5) is 5.82 Å². The van der Waals surface area contributed by atoms with Gasteiger partial charge in [-0.15, -0.1) is 0 Å². The molecule has 0 aromatic carbocycles. The molecule has 0 spiro atoms. The highest BCUT2D eigenvalue weighted by Crippen LogP contribution is 2.17. The van der Waals surface area contributed by atoms with Crippen molar-refractivity contribution in [3.05, 3.63) is 17.5 Å². The first-order valence-corrected chi connectivity index (χ1v) is 5.21. The minimum Gasteiger partial charge on any atom is -0.392 e. The van der Waals surface area contributed by atoms with Crippen molar-refractivity contribution in [3.63, 3.8) is 0 Å². The molecule has 2 rings (SSSR count). The summed E-state index contributed by atoms with van der Waals surface area (Å²) >= 11 is 5.88. The Hall–Kier alpha value is -1.40. The number of aromatic nitrogens is 4. The highest BCUT2D eigenvalue weighted by atomic mass is 35.5. The number of hydrogen-bond donors (Lipinski definition) is 1. The van der Waals surface area contributed by atoms with Crippen molar-refractivity contribution < 1.29 is 5.11 Å². The van der Waals surface area contributed by atoms with Crippen molar-refractivity contribution in [1.29, 1.82) is 0 Å². The Kier molecular flexibility index (Phi) is 2.93. The molecule has 0 bridgehead atoms. The standard InChI is InChI=1S/C9H12ClN5O/c1-6(16)4-14(2)8-3-7(10)13-9-11-5-12-15(8)9/h3,5-6,16H,4H2,1-2H3. The molecule has 7 heteroatoms. The third kappa shape index (κ3) is 2.07. The highest BCUT2D eigenvalue weighted by molar-refractivity contribution is 6.29. The van der Waals surface area contributed by atoms with E-state index in [2.05, 4.69) is 15.1 Å². The van der Waals surface area contributed by atoms with Gasteiger partial charge in [0.15, 0.2) is 0 Å². The lowest BCUT2D eigenvalue weighted by Crippen LogP contribution is -2.28. The first kappa shape index (κ1) is 11.1. The van der Waals surface area contributed by atoms with Crippen LogP contribution >= 0.6 is 11.6 Å². The number of anilines is 1. The molecule has 0 saturated heterocycles. The molecule has 16 heavy (non-hydrogen) atoms. The van der Waals surface area contributed by atoms with Crippen LogP contribution in [0.3, 0.4) is 0 Å². The zero-order valence-corrected chi connectivity index (χ0v) is 9.76. The van der Waals surface area contributed by atoms with Crippen molar-refractivity contribution in [1.82, 2.24) is 19.6 Å². The van der Waals surface area contributed by atoms with Crippen LogP contribution in [0, 0.1) is 0 Å². The van der Waals surface area contributed by atoms with Crippen LogP contribution in [0.15, 0.2) is 12.4 Å². The Morgan fingerprint density at radius 3 is 3.06 bits per heavy atom. The van der Waals surface area contributed by atoms with E-state index in [1.165, 1.54) is 6.33 Å². The summed E-state index contributed by atoms with van der Waals surface area (Å²) < 4.78 is 1.58. The molecule has 0 aliphatic carbocycles. The molecule has 2 aromatic heterocycles. The predicted octanol–water partition coefficient (Wildman–Crippen LogP) is 0.595. The molecule has 0 amide bonds. The molecule has 1 N–H and O–H groups in total. The molecular formula is C9H12ClN5O. The Labute approximate surface area is 97.5 Å². The van der Waals surface area contributed by atoms with Crippen LogP contribution in [-0.4, -0.2) is 44.4 Å². The van der Waals surface area contributed by atoms with Crippen LogP contribution < -0.4 is 4.90 Å². The summed E-state index contributed by atoms with van der Waals surface area (Å²) in [5.74, 6) is 1.19. The molecule has 0 fully saturated rings. The summed E-state index contributed by atoms with van der Waals surface area (Å²) in [4.78, 5) is 9.84. The molecular weight excluding hydrogens is 230 g/mol. The summed E-state index contributed by atoms with van der Waals surface area (Å²) in [6.45, 7) is 2.20. The van der Waals surface area contributed by atoms with E-state index in [-0.39, 0.29) is 0 Å². The minimum absolute atomic E-state index is 0.355. The van der Waals surface area contributed by atoms with Crippen LogP contribution in [0.5, 0.6) is 0 Å². The Balaban J connectivity index is 2.45. The van der Waals surface area contributed by atoms with Gasteiger partial charge in [0, 0.05) is 19.7 Å². The molecule has 86 valence electrons. The van der Waals surface area contributed by atoms with Crippen molar-refractivity contribution in [3.8, 4) is 0 Å². The molecule has 0 aliphatic heterocycles. The van der Waals surface area contributed by atoms with E-state index in [0.717, 1.165) is 5.82 Å². The van der Waals surface area contributed by atoms with E-state index in [4.69, 9.17) is 11.6 Å². The van der Waals surface area contributed by atoms with Gasteiger partial charge in [-0.05, 0) is 6.92 Å². The van der Waals surface area contributed by atoms with Crippen LogP contribution in [0.1, 0.15) is 6.92 Å². The molecule has 2 heterocycles. The van der Waals surface area contributed by atoms with Crippen molar-refractivity contribution in [2.75, 3.05) is 18.5 Å². The van der Waals surface area contributed by atoms with Gasteiger partial charge in [0.2, 0.25) is 0 Å². The fourth-order valence-corrected chi connectivity index (χ4v) is 1.70. The Morgan fingerprint density at radius 2 is 2.38 bits per heavy atom. The number of halogens is 1. The molecule has 1 atom stereocenters. The average molecular weight is 242 g/mol. The maximum absolute atomic E-state index is 9.34. The number of hydrogen-bond acceptors (Lipinski definition) is 5. The van der Waals surface area contributed by atoms with Gasteiger partial charge in [-0.1, -0.05) is 11.6 Å². The van der Waals surface area contributed by atoms with Crippen LogP contribution in [0.2, 0.25) is 5.15 Å². The van der Waals surface area contributed by atoms with Gasteiger partial charge in [0.25, 0.3) is 5.78 Å². The average Bonchev–Trinajstić information content (AvgIpc) is 2.62. The van der Waals surface area contributed by atoms with Crippen LogP contribution in [-0.2, 0) is 0 Å². The third-order valence-corrected chi connectivity index (χ3v) is 2.32. The monoisotopic (exact) mass is 241 g/mol. The minimum atomic E-state index is -0.435. The van der Waals surface area contributed by atoms with Crippen molar-refractivity contribution >= 4 is 23.2 Å². The maximum atomic E-state index is 9.34. The van der Waals surface area contributed by atoms with Crippen molar-refractivity contribution in [2.45, 2.75) is 13.0 Å². The van der Waals surface area contributed by atoms with Crippen LogP contribution in [0.25, 0.3) is 5.78 Å². The quantitative estimate of drug-likeness (QED) is 0.797. The molecule has 0 aliphatic rings. The third-order valence-electron chi connectivity index (χ3n) is 2.13. The Morgan fingerprint density at radius 1 is 1.62 bits per heavy atom. The maximum Gasteiger partial charge on any atom is 0.255 e. The zero-order valence-electron chi connectivity index (χ0n) is 9.00. The van der Waals surface area contributed by atoms with E-state index in [1.807, 2.05) is 11.9 Å². The van der Waals surface area contributed by atoms with E-state index in [1.54, 1.807) is 17.5 Å². The van der Waals surface area contributed by atoms with Gasteiger partial charge < -0.3 is 10.0 Å². The van der Waals surface area contributed by atoms with Gasteiger partial charge in [0.1, 0.15) is 17.3 Å². The summed E-state index contributed by atoms with van der Waals surface area (Å²) in [6.07, 6.45) is 0.980. The summed E-state index contributed by atoms with van der Waals surface area (Å²) in [7, 11) is 1.85. The fourth-order valence-electron chi connectivity index (χ4n) is 1.53. The molecule has 6 nitrogen and oxygen atoms in total. The predicted molar refractivity (Wildman–Crippen MR) is 60.7 cm³/mol. The molecule has 0 saturated carbocycles. The number of nitrogens with zero attached hydrogens (tertiary/aromatic N) is 5. The normalized spacial score (nSPS) is 13.0. The lowest BCUT2D eigenvalue weighted by Gasteiger charge is -2.20. The number of fused-ring (bicyclic) bond motifs is 1. The number of rotatable bonds is 3. The lowest BCUT2D eigenvalue weighted by molar-refractivity contribution is 0.201. The highest BCUT2D eigenvalue weighted by Gasteiger charge is 2.11. The van der Waals surface area contributed by atoms with Gasteiger partial charge in [-0.3, -0.25) is 0 Å². The van der Waals surface area contributed by atoms with Gasteiger partial charge in [-0.2, -0.15) is 19.6 Å². The van der Waals surface area contributed by atoms with E-state index < -0.39 is 6.10 Å². The SMILES string of the molecule is CC(O)CN(C)c1cc(Cl)nc2ncnn12. The number of likely N-dealkylation sites (N-methyl/N-ethyl adjacent to an activating group) is 1. The van der Waals surface area contributed by atoms with Gasteiger partial charge in [-0.25, -0.2) is 0 Å². The fraction of sp³-hybridized carbons (Fsp3) is 0.444. The van der Waals surface area contributed by atoms with Gasteiger partial charge in [0.05, 0.1) is 6.10 Å². The lowest BCUT2D eigenvalue weighted by atomic mass is 10.3. The second-order valence-electron chi connectivity index (χ2n) is 3.64. The van der Waals surface area contributed by atoms with Gasteiger partial charge >= 0.3 is 0 Å². The summed E-state index contributed by atoms with van der Waals surface area (Å²) in [6, 6.07) is 1.69. The molecule has 0 radical (unpaired) electrons. The smallest absolute Gasteiger partial charge is 0.255 e. The largest absolute Gasteiger partial charge is 0.392 e. The first-order valence-electron chi connectivity index (χ1n) is 4.83. The van der Waals surface area contributed by atoms with Crippen molar-refractivity contribution in [2.24, 2.45) is 0 Å². The van der Waals surface area contributed by atoms with E-state index >= 15 is 0 Å². The molecule has 2 aromatic rings. The molecule has 1 unspecified atom stereocenters. The first-order chi connectivity index (χ1) is 7.58. The number of aliphatic hydroxyl groups is 1. The number of aliphatic hydroxyl groups excluding tert-OH is 1. The topological polar surface area (TPSA) is 66.5 Å². The second-order valence-corrected chi connectivity index (χ2v) is 4.03. The van der Waals surface area contributed by atoms with E-state index in [0.29, 0.717) is 17.5 Å². The summed E-state index contributed by atoms with van der Waals surface area (Å²) in [5, 5.41) is 13.7. The second kappa shape index (κ2) is 4.23. The summed E-state index contributed by atoms with van der Waals surface area (Å²) in [5.41, 5.74) is 0. The zero-order chi connectivity index (χ0) is 11.7. The van der Waals surface area contributed by atoms with E-state index in [9.17, 15) is 5.11 Å². The Bertz CT molecular complexity index is 498.